The van der Waals surface area contributed by atoms with Crippen LogP contribution in [0, 0.1) is 5.41 Å². The highest BCUT2D eigenvalue weighted by atomic mass is 16.5. The molecule has 0 bridgehead atoms. The highest BCUT2D eigenvalue weighted by Gasteiger charge is 2.27. The van der Waals surface area contributed by atoms with E-state index in [0.29, 0.717) is 24.0 Å². The molecule has 1 aromatic carbocycles. The van der Waals surface area contributed by atoms with Crippen LogP contribution in [0.5, 0.6) is 0 Å². The molecule has 0 saturated heterocycles. The first kappa shape index (κ1) is 16.5. The molecule has 118 valence electrons. The second-order valence-corrected chi connectivity index (χ2v) is 7.53. The molecule has 1 aliphatic carbocycles. The topological polar surface area (TPSA) is 29.5 Å². The van der Waals surface area contributed by atoms with Crippen LogP contribution in [0.2, 0.25) is 0 Å². The first-order valence-electron chi connectivity index (χ1n) is 8.27. The second kappa shape index (κ2) is 6.93. The van der Waals surface area contributed by atoms with Crippen molar-refractivity contribution in [1.29, 1.82) is 0 Å². The van der Waals surface area contributed by atoms with E-state index in [1.54, 1.807) is 0 Å². The summed E-state index contributed by atoms with van der Waals surface area (Å²) in [5, 5.41) is 10.3. The van der Waals surface area contributed by atoms with E-state index in [-0.39, 0.29) is 0 Å². The molecule has 1 aromatic rings. The molecule has 0 spiro atoms. The number of rotatable bonds is 5. The summed E-state index contributed by atoms with van der Waals surface area (Å²) in [4.78, 5) is 0. The summed E-state index contributed by atoms with van der Waals surface area (Å²) in [6.07, 6.45) is 4.48. The molecule has 0 amide bonds. The molecule has 2 rings (SSSR count). The minimum atomic E-state index is -0.513. The van der Waals surface area contributed by atoms with Crippen LogP contribution in [0.15, 0.2) is 24.3 Å². The van der Waals surface area contributed by atoms with Crippen LogP contribution in [-0.2, 0) is 4.74 Å². The van der Waals surface area contributed by atoms with Gasteiger partial charge < -0.3 is 9.84 Å². The Balaban J connectivity index is 1.80. The smallest absolute Gasteiger partial charge is 0.102 e. The van der Waals surface area contributed by atoms with Crippen LogP contribution < -0.4 is 0 Å². The van der Waals surface area contributed by atoms with Gasteiger partial charge in [0.05, 0.1) is 12.7 Å². The Kier molecular flexibility index (Phi) is 5.45. The molecule has 1 N–H and O–H groups in total. The standard InChI is InChI=1S/C19H30O2/c1-14(2)15-5-7-16(8-6-15)18(20)13-21-17-9-11-19(3,4)12-10-17/h5-8,14,17-18,20H,9-13H2,1-4H3. The lowest BCUT2D eigenvalue weighted by Crippen LogP contribution is -2.27. The van der Waals surface area contributed by atoms with E-state index >= 15 is 0 Å². The van der Waals surface area contributed by atoms with Gasteiger partial charge in [0.2, 0.25) is 0 Å². The monoisotopic (exact) mass is 290 g/mol. The average Bonchev–Trinajstić information content (AvgIpc) is 2.46. The van der Waals surface area contributed by atoms with Gasteiger partial charge in [0.1, 0.15) is 6.10 Å². The zero-order chi connectivity index (χ0) is 15.5. The molecule has 1 atom stereocenters. The van der Waals surface area contributed by atoms with Gasteiger partial charge in [-0.05, 0) is 48.1 Å². The van der Waals surface area contributed by atoms with Crippen molar-refractivity contribution in [1.82, 2.24) is 0 Å². The van der Waals surface area contributed by atoms with Crippen LogP contribution in [0.3, 0.4) is 0 Å². The number of benzene rings is 1. The summed E-state index contributed by atoms with van der Waals surface area (Å²) in [6.45, 7) is 9.42. The lowest BCUT2D eigenvalue weighted by Gasteiger charge is -2.34. The Bertz CT molecular complexity index is 423. The Morgan fingerprint density at radius 3 is 2.14 bits per heavy atom. The molecule has 0 aliphatic heterocycles. The summed E-state index contributed by atoms with van der Waals surface area (Å²) < 4.78 is 5.92. The van der Waals surface area contributed by atoms with Crippen molar-refractivity contribution in [2.75, 3.05) is 6.61 Å². The average molecular weight is 290 g/mol. The van der Waals surface area contributed by atoms with Crippen molar-refractivity contribution >= 4 is 0 Å². The molecular weight excluding hydrogens is 260 g/mol. The molecule has 1 saturated carbocycles. The second-order valence-electron chi connectivity index (χ2n) is 7.53. The summed E-state index contributed by atoms with van der Waals surface area (Å²) in [6, 6.07) is 8.25. The van der Waals surface area contributed by atoms with Crippen LogP contribution in [0.1, 0.15) is 76.5 Å². The van der Waals surface area contributed by atoms with Crippen LogP contribution >= 0.6 is 0 Å². The highest BCUT2D eigenvalue weighted by Crippen LogP contribution is 2.36. The number of hydrogen-bond acceptors (Lipinski definition) is 2. The van der Waals surface area contributed by atoms with Gasteiger partial charge in [-0.1, -0.05) is 52.0 Å². The van der Waals surface area contributed by atoms with Gasteiger partial charge >= 0.3 is 0 Å². The Morgan fingerprint density at radius 1 is 1.10 bits per heavy atom. The van der Waals surface area contributed by atoms with E-state index < -0.39 is 6.10 Å². The van der Waals surface area contributed by atoms with E-state index in [1.807, 2.05) is 12.1 Å². The van der Waals surface area contributed by atoms with Gasteiger partial charge in [0.15, 0.2) is 0 Å². The lowest BCUT2D eigenvalue weighted by molar-refractivity contribution is -0.0380. The predicted octanol–water partition coefficient (Wildman–Crippen LogP) is 4.83. The molecule has 21 heavy (non-hydrogen) atoms. The molecule has 2 heteroatoms. The Morgan fingerprint density at radius 2 is 1.62 bits per heavy atom. The first-order valence-corrected chi connectivity index (χ1v) is 8.27. The molecule has 1 aliphatic rings. The van der Waals surface area contributed by atoms with E-state index in [0.717, 1.165) is 18.4 Å². The van der Waals surface area contributed by atoms with E-state index in [4.69, 9.17) is 4.74 Å². The van der Waals surface area contributed by atoms with Crippen molar-refractivity contribution in [3.63, 3.8) is 0 Å². The first-order chi connectivity index (χ1) is 9.87. The Hall–Kier alpha value is -0.860. The van der Waals surface area contributed by atoms with Gasteiger partial charge in [-0.2, -0.15) is 0 Å². The SMILES string of the molecule is CC(C)c1ccc(C(O)COC2CCC(C)(C)CC2)cc1. The van der Waals surface area contributed by atoms with Gasteiger partial charge in [0, 0.05) is 0 Å². The molecule has 0 heterocycles. The van der Waals surface area contributed by atoms with Crippen LogP contribution in [-0.4, -0.2) is 17.8 Å². The maximum atomic E-state index is 10.3. The van der Waals surface area contributed by atoms with Crippen molar-refractivity contribution in [3.05, 3.63) is 35.4 Å². The van der Waals surface area contributed by atoms with Gasteiger partial charge in [0.25, 0.3) is 0 Å². The quantitative estimate of drug-likeness (QED) is 0.841. The summed E-state index contributed by atoms with van der Waals surface area (Å²) >= 11 is 0. The normalized spacial score (nSPS) is 20.7. The molecule has 0 radical (unpaired) electrons. The third-order valence-corrected chi connectivity index (χ3v) is 4.76. The van der Waals surface area contributed by atoms with Gasteiger partial charge in [-0.3, -0.25) is 0 Å². The fraction of sp³-hybridized carbons (Fsp3) is 0.684. The molecule has 0 aromatic heterocycles. The van der Waals surface area contributed by atoms with E-state index in [2.05, 4.69) is 39.8 Å². The van der Waals surface area contributed by atoms with Crippen molar-refractivity contribution in [3.8, 4) is 0 Å². The molecular formula is C19H30O2. The molecule has 1 fully saturated rings. The number of hydrogen-bond donors (Lipinski definition) is 1. The van der Waals surface area contributed by atoms with Gasteiger partial charge in [-0.25, -0.2) is 0 Å². The molecule has 2 nitrogen and oxygen atoms in total. The fourth-order valence-corrected chi connectivity index (χ4v) is 2.97. The highest BCUT2D eigenvalue weighted by molar-refractivity contribution is 5.26. The minimum absolute atomic E-state index is 0.322. The van der Waals surface area contributed by atoms with Crippen LogP contribution in [0.4, 0.5) is 0 Å². The van der Waals surface area contributed by atoms with Crippen LogP contribution in [0.25, 0.3) is 0 Å². The summed E-state index contributed by atoms with van der Waals surface area (Å²) in [7, 11) is 0. The summed E-state index contributed by atoms with van der Waals surface area (Å²) in [5.74, 6) is 0.526. The minimum Gasteiger partial charge on any atom is -0.386 e. The number of ether oxygens (including phenoxy) is 1. The zero-order valence-corrected chi connectivity index (χ0v) is 13.9. The number of aliphatic hydroxyl groups excluding tert-OH is 1. The fourth-order valence-electron chi connectivity index (χ4n) is 2.97. The maximum absolute atomic E-state index is 10.3. The summed E-state index contributed by atoms with van der Waals surface area (Å²) in [5.41, 5.74) is 2.72. The number of aliphatic hydroxyl groups is 1. The third-order valence-electron chi connectivity index (χ3n) is 4.76. The maximum Gasteiger partial charge on any atom is 0.102 e. The predicted molar refractivity (Wildman–Crippen MR) is 87.5 cm³/mol. The third kappa shape index (κ3) is 4.82. The van der Waals surface area contributed by atoms with Crippen molar-refractivity contribution in [2.24, 2.45) is 5.41 Å². The molecule has 1 unspecified atom stereocenters. The van der Waals surface area contributed by atoms with Crippen molar-refractivity contribution in [2.45, 2.75) is 71.5 Å². The van der Waals surface area contributed by atoms with E-state index in [9.17, 15) is 5.11 Å². The largest absolute Gasteiger partial charge is 0.386 e. The van der Waals surface area contributed by atoms with E-state index in [1.165, 1.54) is 18.4 Å². The van der Waals surface area contributed by atoms with Crippen molar-refractivity contribution < 1.29 is 9.84 Å². The zero-order valence-electron chi connectivity index (χ0n) is 13.9. The van der Waals surface area contributed by atoms with Gasteiger partial charge in [-0.15, -0.1) is 0 Å². The lowest BCUT2D eigenvalue weighted by atomic mass is 9.76. The Labute approximate surface area is 129 Å².